The second kappa shape index (κ2) is 260. The summed E-state index contributed by atoms with van der Waals surface area (Å²) in [5, 5.41) is 0. The Morgan fingerprint density at radius 1 is 0.362 bits per heavy atom. The Labute approximate surface area is 318 Å². The first kappa shape index (κ1) is 189. The normalized spacial score (nSPS) is 5.94. The first-order valence-electron chi connectivity index (χ1n) is 11.3. The van der Waals surface area contributed by atoms with Crippen molar-refractivity contribution < 1.29 is 23.7 Å². The Kier molecular flexibility index (Phi) is 1040. The third-order valence-electron chi connectivity index (χ3n) is 2.42. The van der Waals surface area contributed by atoms with Gasteiger partial charge in [0.1, 0.15) is 6.10 Å². The molecule has 0 aromatic heterocycles. The molecule has 0 bridgehead atoms. The molecule has 0 amide bonds. The van der Waals surface area contributed by atoms with Crippen molar-refractivity contribution in [1.82, 2.24) is 0 Å². The van der Waals surface area contributed by atoms with Crippen molar-refractivity contribution in [3.05, 3.63) is 0 Å². The fourth-order valence-electron chi connectivity index (χ4n) is 0.927. The lowest BCUT2D eigenvalue weighted by Crippen LogP contribution is -2.22. The van der Waals surface area contributed by atoms with E-state index in [9.17, 15) is 0 Å². The standard InChI is InChI=1S/C6H14O3.C5H12O.C4H10O.3C3H8.18CH4/c1-7-4-6(9-3)5-8-2;1-4-5(2)6-3;1-3-4-5-2;3*1-3-2;;;;;;;;;;;;;;;;;;/h6H,4-5H2,1-3H3;5H,4H2,1-3H3;3-4H2,1-2H3;3*3H2,1-2H3;18*1H4. The van der Waals surface area contributed by atoms with Gasteiger partial charge in [-0.1, -0.05) is 208 Å². The number of ether oxygens (including phenoxy) is 5. The van der Waals surface area contributed by atoms with E-state index in [0.29, 0.717) is 19.3 Å². The van der Waals surface area contributed by atoms with Crippen LogP contribution in [0.25, 0.3) is 0 Å². The molecule has 330 valence electrons. The van der Waals surface area contributed by atoms with Gasteiger partial charge in [0.05, 0.1) is 19.3 Å². The SMILES string of the molecule is C.C.C.C.C.C.C.C.C.C.C.C.C.C.C.C.C.C.CCC.CCC.CCC.CCC(C)OC.CCCOC.COCC(COC)OC. The summed E-state index contributed by atoms with van der Waals surface area (Å²) in [5.41, 5.74) is 0. The Morgan fingerprint density at radius 3 is 0.617 bits per heavy atom. The van der Waals surface area contributed by atoms with Gasteiger partial charge in [-0.15, -0.1) is 0 Å². The van der Waals surface area contributed by atoms with E-state index in [4.69, 9.17) is 23.7 Å². The van der Waals surface area contributed by atoms with Gasteiger partial charge in [0.2, 0.25) is 0 Å². The van der Waals surface area contributed by atoms with Crippen molar-refractivity contribution in [3.63, 3.8) is 0 Å². The lowest BCUT2D eigenvalue weighted by atomic mass is 10.3. The van der Waals surface area contributed by atoms with Gasteiger partial charge >= 0.3 is 0 Å². The van der Waals surface area contributed by atoms with Gasteiger partial charge in [-0.3, -0.25) is 0 Å². The maximum atomic E-state index is 4.98. The van der Waals surface area contributed by atoms with Crippen LogP contribution in [0, 0.1) is 0 Å². The molecule has 1 unspecified atom stereocenters. The van der Waals surface area contributed by atoms with Crippen LogP contribution in [0.15, 0.2) is 0 Å². The lowest BCUT2D eigenvalue weighted by molar-refractivity contribution is -0.0178. The van der Waals surface area contributed by atoms with Crippen molar-refractivity contribution in [3.8, 4) is 0 Å². The van der Waals surface area contributed by atoms with Crippen molar-refractivity contribution >= 4 is 0 Å². The lowest BCUT2D eigenvalue weighted by Gasteiger charge is -2.11. The number of rotatable bonds is 9. The van der Waals surface area contributed by atoms with Crippen LogP contribution in [-0.2, 0) is 23.7 Å². The zero-order valence-corrected chi connectivity index (χ0v) is 22.9. The van der Waals surface area contributed by atoms with E-state index in [-0.39, 0.29) is 140 Å². The van der Waals surface area contributed by atoms with Crippen LogP contribution >= 0.6 is 0 Å². The van der Waals surface area contributed by atoms with Gasteiger partial charge in [-0.2, -0.15) is 0 Å². The summed E-state index contributed by atoms with van der Waals surface area (Å²) < 4.78 is 24.3. The molecular weight excluding hydrogens is 584 g/mol. The summed E-state index contributed by atoms with van der Waals surface area (Å²) in [6.45, 7) is 21.1. The summed E-state index contributed by atoms with van der Waals surface area (Å²) in [4.78, 5) is 0. The molecule has 0 aliphatic rings. The zero-order chi connectivity index (χ0) is 24.3. The van der Waals surface area contributed by atoms with E-state index in [1.165, 1.54) is 19.3 Å². The van der Waals surface area contributed by atoms with Crippen LogP contribution in [0.2, 0.25) is 0 Å². The highest BCUT2D eigenvalue weighted by molar-refractivity contribution is 4.51. The molecule has 0 fully saturated rings. The predicted molar refractivity (Wildman–Crippen MR) is 253 cm³/mol. The van der Waals surface area contributed by atoms with Crippen molar-refractivity contribution in [2.24, 2.45) is 0 Å². The molecule has 0 heterocycles. The minimum absolute atomic E-state index is 0. The van der Waals surface area contributed by atoms with Crippen molar-refractivity contribution in [1.29, 1.82) is 0 Å². The molecule has 0 rings (SSSR count). The maximum absolute atomic E-state index is 4.98. The molecule has 0 saturated carbocycles. The molecule has 1 atom stereocenters. The number of methoxy groups -OCH3 is 5. The van der Waals surface area contributed by atoms with Gasteiger partial charge in [-0.05, 0) is 19.8 Å². The molecule has 5 heteroatoms. The van der Waals surface area contributed by atoms with Crippen LogP contribution in [0.5, 0.6) is 0 Å². The van der Waals surface area contributed by atoms with Gasteiger partial charge in [0.15, 0.2) is 0 Å². The summed E-state index contributed by atoms with van der Waals surface area (Å²) in [6, 6.07) is 0. The second-order valence-corrected chi connectivity index (χ2v) is 6.34. The van der Waals surface area contributed by atoms with E-state index in [2.05, 4.69) is 62.3 Å². The van der Waals surface area contributed by atoms with E-state index >= 15 is 0 Å². The monoisotopic (exact) mass is 717 g/mol. The molecule has 0 aromatic rings. The average molecular weight is 718 g/mol. The average Bonchev–Trinajstić information content (AvgIpc) is 2.70. The maximum Gasteiger partial charge on any atom is 0.104 e. The molecule has 0 saturated heterocycles. The minimum atomic E-state index is 0. The summed E-state index contributed by atoms with van der Waals surface area (Å²) in [6.07, 6.45) is 6.48. The smallest absolute Gasteiger partial charge is 0.104 e. The van der Waals surface area contributed by atoms with E-state index in [1.54, 1.807) is 35.5 Å². The molecular formula is C42H132O5. The van der Waals surface area contributed by atoms with Crippen molar-refractivity contribution in [2.75, 3.05) is 55.4 Å². The third-order valence-corrected chi connectivity index (χ3v) is 2.42. The minimum Gasteiger partial charge on any atom is -0.385 e. The Morgan fingerprint density at radius 2 is 0.574 bits per heavy atom. The summed E-state index contributed by atoms with van der Waals surface area (Å²) in [7, 11) is 8.36. The Bertz CT molecular complexity index is 168. The Hall–Kier alpha value is -0.200. The van der Waals surface area contributed by atoms with E-state index in [0.717, 1.165) is 19.4 Å². The third kappa shape index (κ3) is 461. The fraction of sp³-hybridized carbons (Fsp3) is 1.00. The second-order valence-electron chi connectivity index (χ2n) is 6.34. The topological polar surface area (TPSA) is 46.2 Å². The van der Waals surface area contributed by atoms with Gasteiger partial charge in [0.25, 0.3) is 0 Å². The van der Waals surface area contributed by atoms with E-state index in [1.807, 2.05) is 0 Å². The van der Waals surface area contributed by atoms with Crippen LogP contribution in [-0.4, -0.2) is 67.6 Å². The zero-order valence-electron chi connectivity index (χ0n) is 22.9. The van der Waals surface area contributed by atoms with Crippen LogP contribution in [0.1, 0.15) is 228 Å². The number of hydrogen-bond acceptors (Lipinski definition) is 5. The summed E-state index contributed by atoms with van der Waals surface area (Å²) in [5.74, 6) is 0. The molecule has 0 radical (unpaired) electrons. The van der Waals surface area contributed by atoms with Crippen LogP contribution < -0.4 is 0 Å². The summed E-state index contributed by atoms with van der Waals surface area (Å²) >= 11 is 0. The quantitative estimate of drug-likeness (QED) is 0.238. The van der Waals surface area contributed by atoms with Crippen molar-refractivity contribution in [2.45, 2.75) is 240 Å². The highest BCUT2D eigenvalue weighted by Gasteiger charge is 2.03. The highest BCUT2D eigenvalue weighted by atomic mass is 16.5. The molecule has 5 nitrogen and oxygen atoms in total. The van der Waals surface area contributed by atoms with Gasteiger partial charge in [0, 0.05) is 42.2 Å². The molecule has 0 N–H and O–H groups in total. The predicted octanol–water partition coefficient (Wildman–Crippen LogP) is 18.5. The Balaban J connectivity index is -0.00000000590. The molecule has 0 spiro atoms. The molecule has 0 aliphatic heterocycles. The van der Waals surface area contributed by atoms with Gasteiger partial charge in [-0.25, -0.2) is 0 Å². The highest BCUT2D eigenvalue weighted by Crippen LogP contribution is 1.90. The van der Waals surface area contributed by atoms with Crippen LogP contribution in [0.4, 0.5) is 0 Å². The van der Waals surface area contributed by atoms with E-state index < -0.39 is 0 Å². The first-order chi connectivity index (χ1) is 13.8. The molecule has 0 aromatic carbocycles. The van der Waals surface area contributed by atoms with Crippen LogP contribution in [0.3, 0.4) is 0 Å². The molecule has 0 aliphatic carbocycles. The number of hydrogen-bond donors (Lipinski definition) is 0. The first-order valence-corrected chi connectivity index (χ1v) is 11.3. The molecule has 47 heavy (non-hydrogen) atoms. The van der Waals surface area contributed by atoms with Gasteiger partial charge < -0.3 is 23.7 Å². The fourth-order valence-corrected chi connectivity index (χ4v) is 0.927. The largest absolute Gasteiger partial charge is 0.385 e.